The average Bonchev–Trinajstić information content (AvgIpc) is 2.40. The van der Waals surface area contributed by atoms with Crippen LogP contribution in [0.3, 0.4) is 0 Å². The molecule has 0 atom stereocenters. The molecule has 1 aliphatic rings. The third-order valence-electron chi connectivity index (χ3n) is 3.07. The van der Waals surface area contributed by atoms with Crippen molar-refractivity contribution in [2.75, 3.05) is 11.5 Å². The van der Waals surface area contributed by atoms with Gasteiger partial charge in [-0.3, -0.25) is 0 Å². The fourth-order valence-electron chi connectivity index (χ4n) is 1.90. The molecule has 4 nitrogen and oxygen atoms in total. The summed E-state index contributed by atoms with van der Waals surface area (Å²) >= 11 is 1.48. The third-order valence-corrected chi connectivity index (χ3v) is 4.41. The maximum absolute atomic E-state index is 12.5. The summed E-state index contributed by atoms with van der Waals surface area (Å²) in [5.41, 5.74) is -1.33. The molecule has 0 saturated carbocycles. The number of aliphatic carboxylic acids is 1. The van der Waals surface area contributed by atoms with Crippen LogP contribution in [0.5, 0.6) is 0 Å². The number of carboxylic acid groups (broad SMARTS) is 1. The van der Waals surface area contributed by atoms with E-state index >= 15 is 0 Å². The number of esters is 1. The van der Waals surface area contributed by atoms with Gasteiger partial charge < -0.3 is 9.84 Å². The summed E-state index contributed by atoms with van der Waals surface area (Å²) in [5.74, 6) is -1.32. The van der Waals surface area contributed by atoms with Gasteiger partial charge in [-0.1, -0.05) is 12.1 Å². The molecule has 1 aromatic carbocycles. The third kappa shape index (κ3) is 3.62. The Hall–Kier alpha value is -1.96. The van der Waals surface area contributed by atoms with Crippen LogP contribution in [0.2, 0.25) is 0 Å². The Morgan fingerprint density at radius 1 is 1.18 bits per heavy atom. The number of carboxylic acids is 1. The molecular formula is C14H11F3O4S. The van der Waals surface area contributed by atoms with Crippen molar-refractivity contribution in [3.63, 3.8) is 0 Å². The Morgan fingerprint density at radius 3 is 2.18 bits per heavy atom. The molecule has 1 saturated heterocycles. The molecule has 2 rings (SSSR count). The van der Waals surface area contributed by atoms with Gasteiger partial charge in [0.05, 0.1) is 5.56 Å². The first-order valence-electron chi connectivity index (χ1n) is 6.12. The van der Waals surface area contributed by atoms with Crippen molar-refractivity contribution in [2.45, 2.75) is 11.8 Å². The van der Waals surface area contributed by atoms with Crippen LogP contribution in [0.1, 0.15) is 11.1 Å². The Balaban J connectivity index is 2.17. The van der Waals surface area contributed by atoms with Crippen molar-refractivity contribution in [1.82, 2.24) is 0 Å². The van der Waals surface area contributed by atoms with E-state index < -0.39 is 29.3 Å². The molecule has 1 N–H and O–H groups in total. The molecule has 1 aromatic rings. The van der Waals surface area contributed by atoms with E-state index in [2.05, 4.69) is 0 Å². The lowest BCUT2D eigenvalue weighted by Crippen LogP contribution is -2.44. The maximum Gasteiger partial charge on any atom is 0.416 e. The van der Waals surface area contributed by atoms with Crippen LogP contribution in [0.15, 0.2) is 36.4 Å². The Morgan fingerprint density at radius 2 is 1.77 bits per heavy atom. The van der Waals surface area contributed by atoms with Crippen molar-refractivity contribution in [1.29, 1.82) is 0 Å². The largest absolute Gasteiger partial charge is 0.478 e. The Kier molecular flexibility index (Phi) is 4.50. The number of benzene rings is 1. The standard InChI is InChI=1S/C14H11F3O4S/c15-14(16,17)10-3-1-9(2-4-10)13(7-22-8-13)21-12(20)6-5-11(18)19/h1-6H,7-8H2,(H,18,19)/b6-5+. The molecule has 1 heterocycles. The minimum atomic E-state index is -4.43. The SMILES string of the molecule is O=C(O)/C=C/C(=O)OC1(c2ccc(C(F)(F)F)cc2)CSC1. The zero-order valence-electron chi connectivity index (χ0n) is 11.1. The monoisotopic (exact) mass is 332 g/mol. The molecule has 0 aliphatic carbocycles. The second kappa shape index (κ2) is 6.04. The van der Waals surface area contributed by atoms with Crippen LogP contribution in [0, 0.1) is 0 Å². The van der Waals surface area contributed by atoms with Crippen LogP contribution < -0.4 is 0 Å². The molecule has 1 fully saturated rings. The van der Waals surface area contributed by atoms with Gasteiger partial charge in [0, 0.05) is 23.7 Å². The van der Waals surface area contributed by atoms with E-state index in [0.717, 1.165) is 18.2 Å². The van der Waals surface area contributed by atoms with Gasteiger partial charge in [-0.2, -0.15) is 24.9 Å². The van der Waals surface area contributed by atoms with E-state index in [9.17, 15) is 22.8 Å². The first-order valence-corrected chi connectivity index (χ1v) is 7.28. The molecule has 0 aromatic heterocycles. The molecule has 0 bridgehead atoms. The average molecular weight is 332 g/mol. The number of alkyl halides is 3. The van der Waals surface area contributed by atoms with Crippen LogP contribution in [-0.4, -0.2) is 28.6 Å². The molecule has 22 heavy (non-hydrogen) atoms. The maximum atomic E-state index is 12.5. The summed E-state index contributed by atoms with van der Waals surface area (Å²) in [7, 11) is 0. The van der Waals surface area contributed by atoms with Crippen LogP contribution in [0.4, 0.5) is 13.2 Å². The van der Waals surface area contributed by atoms with Gasteiger partial charge in [0.15, 0.2) is 5.60 Å². The summed E-state index contributed by atoms with van der Waals surface area (Å²) in [6, 6.07) is 4.41. The van der Waals surface area contributed by atoms with E-state index in [0.29, 0.717) is 23.1 Å². The van der Waals surface area contributed by atoms with Gasteiger partial charge in [0.1, 0.15) is 0 Å². The van der Waals surface area contributed by atoms with Crippen molar-refractivity contribution in [3.8, 4) is 0 Å². The lowest BCUT2D eigenvalue weighted by molar-refractivity contribution is -0.151. The summed E-state index contributed by atoms with van der Waals surface area (Å²) < 4.78 is 42.9. The fourth-order valence-corrected chi connectivity index (χ4v) is 2.93. The highest BCUT2D eigenvalue weighted by atomic mass is 32.2. The molecule has 1 aliphatic heterocycles. The zero-order chi connectivity index (χ0) is 16.4. The van der Waals surface area contributed by atoms with Crippen LogP contribution in [-0.2, 0) is 26.1 Å². The van der Waals surface area contributed by atoms with E-state index in [-0.39, 0.29) is 0 Å². The van der Waals surface area contributed by atoms with Crippen molar-refractivity contribution < 1.29 is 32.6 Å². The number of hydrogen-bond acceptors (Lipinski definition) is 4. The second-order valence-corrected chi connectivity index (χ2v) is 5.64. The van der Waals surface area contributed by atoms with Gasteiger partial charge >= 0.3 is 18.1 Å². The highest BCUT2D eigenvalue weighted by Crippen LogP contribution is 2.43. The molecule has 8 heteroatoms. The quantitative estimate of drug-likeness (QED) is 0.678. The fraction of sp³-hybridized carbons (Fsp3) is 0.286. The number of ether oxygens (including phenoxy) is 1. The predicted octanol–water partition coefficient (Wildman–Crippen LogP) is 2.83. The Labute approximate surface area is 128 Å². The van der Waals surface area contributed by atoms with E-state index in [1.54, 1.807) is 0 Å². The second-order valence-electron chi connectivity index (χ2n) is 4.65. The van der Waals surface area contributed by atoms with Gasteiger partial charge in [-0.15, -0.1) is 0 Å². The number of carbonyl (C=O) groups is 2. The van der Waals surface area contributed by atoms with Crippen LogP contribution >= 0.6 is 11.8 Å². The number of thioether (sulfide) groups is 1. The van der Waals surface area contributed by atoms with Crippen molar-refractivity contribution in [2.24, 2.45) is 0 Å². The summed E-state index contributed by atoms with van der Waals surface area (Å²) in [6.45, 7) is 0. The van der Waals surface area contributed by atoms with Crippen molar-refractivity contribution >= 4 is 23.7 Å². The van der Waals surface area contributed by atoms with E-state index in [4.69, 9.17) is 9.84 Å². The van der Waals surface area contributed by atoms with E-state index in [1.165, 1.54) is 23.9 Å². The smallest absolute Gasteiger partial charge is 0.416 e. The molecule has 0 radical (unpaired) electrons. The highest BCUT2D eigenvalue weighted by molar-refractivity contribution is 8.00. The van der Waals surface area contributed by atoms with E-state index in [1.807, 2.05) is 0 Å². The summed E-state index contributed by atoms with van der Waals surface area (Å²) in [4.78, 5) is 21.9. The number of rotatable bonds is 4. The number of hydrogen-bond donors (Lipinski definition) is 1. The summed E-state index contributed by atoms with van der Waals surface area (Å²) in [5, 5.41) is 8.45. The lowest BCUT2D eigenvalue weighted by Gasteiger charge is -2.40. The minimum Gasteiger partial charge on any atom is -0.478 e. The normalized spacial score (nSPS) is 17.0. The minimum absolute atomic E-state index is 0.408. The van der Waals surface area contributed by atoms with Gasteiger partial charge in [0.2, 0.25) is 0 Å². The molecule has 118 valence electrons. The highest BCUT2D eigenvalue weighted by Gasteiger charge is 2.43. The predicted molar refractivity (Wildman–Crippen MR) is 73.3 cm³/mol. The number of carbonyl (C=O) groups excluding carboxylic acids is 1. The summed E-state index contributed by atoms with van der Waals surface area (Å²) in [6.07, 6.45) is -3.01. The Bertz CT molecular complexity index is 604. The lowest BCUT2D eigenvalue weighted by atomic mass is 9.95. The van der Waals surface area contributed by atoms with Gasteiger partial charge in [-0.05, 0) is 17.7 Å². The molecule has 0 spiro atoms. The van der Waals surface area contributed by atoms with Gasteiger partial charge in [0.25, 0.3) is 0 Å². The molecule has 0 unspecified atom stereocenters. The van der Waals surface area contributed by atoms with Crippen molar-refractivity contribution in [3.05, 3.63) is 47.5 Å². The number of halogens is 3. The first-order chi connectivity index (χ1) is 10.2. The zero-order valence-corrected chi connectivity index (χ0v) is 11.9. The van der Waals surface area contributed by atoms with Gasteiger partial charge in [-0.25, -0.2) is 9.59 Å². The topological polar surface area (TPSA) is 63.6 Å². The van der Waals surface area contributed by atoms with Crippen LogP contribution in [0.25, 0.3) is 0 Å². The molecular weight excluding hydrogens is 321 g/mol. The molecule has 0 amide bonds. The first kappa shape index (κ1) is 16.4.